The zero-order chi connectivity index (χ0) is 29.6. The van der Waals surface area contributed by atoms with E-state index in [1.54, 1.807) is 38.6 Å². The Morgan fingerprint density at radius 3 is 2.31 bits per heavy atom. The lowest BCUT2D eigenvalue weighted by atomic mass is 10.1. The van der Waals surface area contributed by atoms with Crippen LogP contribution in [-0.4, -0.2) is 37.7 Å². The molecule has 1 aliphatic rings. The Bertz CT molecular complexity index is 1650. The highest BCUT2D eigenvalue weighted by Crippen LogP contribution is 2.38. The highest BCUT2D eigenvalue weighted by Gasteiger charge is 2.16. The minimum absolute atomic E-state index is 0.00786. The lowest BCUT2D eigenvalue weighted by molar-refractivity contribution is -0.120. The van der Waals surface area contributed by atoms with Crippen LogP contribution in [0, 0.1) is 6.92 Å². The molecule has 10 nitrogen and oxygen atoms in total. The molecule has 216 valence electrons. The van der Waals surface area contributed by atoms with Gasteiger partial charge < -0.3 is 35.1 Å². The number of hydrogen-bond acceptors (Lipinski definition) is 7. The molecule has 1 aliphatic heterocycles. The Kier molecular flexibility index (Phi) is 8.42. The van der Waals surface area contributed by atoms with Crippen LogP contribution < -0.4 is 35.1 Å². The van der Waals surface area contributed by atoms with Gasteiger partial charge >= 0.3 is 6.03 Å². The molecule has 3 amide bonds. The Labute approximate surface area is 244 Å². The molecule has 0 spiro atoms. The van der Waals surface area contributed by atoms with Crippen LogP contribution in [0.1, 0.15) is 25.3 Å². The second kappa shape index (κ2) is 12.5. The third-order valence-electron chi connectivity index (χ3n) is 6.88. The molecule has 2 heterocycles. The van der Waals surface area contributed by atoms with Gasteiger partial charge in [0.2, 0.25) is 5.91 Å². The number of benzene rings is 3. The lowest BCUT2D eigenvalue weighted by Crippen LogP contribution is -2.20. The monoisotopic (exact) mass is 567 g/mol. The standard InChI is InChI=1S/C32H33N5O5/c1-5-31(38)34-23-13-15-37(19-23)24-10-8-21(9-11-24)35-32(39)36-22-7-6-20(2)28(16-22)42-27-12-14-33-26-18-30(41-4)29(40-3)17-25(26)27/h6-12,14,16-19H,5,13,15H2,1-4H3,(H,34,38)(H2,35,36,39). The molecule has 5 rings (SSSR count). The molecule has 0 saturated carbocycles. The van der Waals surface area contributed by atoms with Gasteiger partial charge in [0.25, 0.3) is 0 Å². The predicted molar refractivity (Wildman–Crippen MR) is 164 cm³/mol. The van der Waals surface area contributed by atoms with E-state index in [1.807, 2.05) is 62.5 Å². The summed E-state index contributed by atoms with van der Waals surface area (Å²) in [5, 5.41) is 9.43. The third kappa shape index (κ3) is 6.38. The van der Waals surface area contributed by atoms with Crippen molar-refractivity contribution in [1.82, 2.24) is 10.3 Å². The first-order chi connectivity index (χ1) is 20.4. The minimum atomic E-state index is -0.380. The summed E-state index contributed by atoms with van der Waals surface area (Å²) >= 11 is 0. The summed E-state index contributed by atoms with van der Waals surface area (Å²) < 4.78 is 17.1. The Morgan fingerprint density at radius 2 is 1.57 bits per heavy atom. The molecule has 1 aromatic heterocycles. The lowest BCUT2D eigenvalue weighted by Gasteiger charge is -2.16. The van der Waals surface area contributed by atoms with Crippen molar-refractivity contribution in [3.8, 4) is 23.0 Å². The molecule has 0 bridgehead atoms. The quantitative estimate of drug-likeness (QED) is 0.209. The molecule has 0 atom stereocenters. The summed E-state index contributed by atoms with van der Waals surface area (Å²) in [7, 11) is 3.16. The van der Waals surface area contributed by atoms with Gasteiger partial charge in [-0.1, -0.05) is 13.0 Å². The zero-order valence-electron chi connectivity index (χ0n) is 24.0. The number of nitrogens with one attached hydrogen (secondary N) is 3. The van der Waals surface area contributed by atoms with Gasteiger partial charge in [-0.3, -0.25) is 9.78 Å². The smallest absolute Gasteiger partial charge is 0.323 e. The van der Waals surface area contributed by atoms with Crippen molar-refractivity contribution < 1.29 is 23.8 Å². The number of carbonyl (C=O) groups excluding carboxylic acids is 2. The first-order valence-electron chi connectivity index (χ1n) is 13.6. The molecule has 0 unspecified atom stereocenters. The van der Waals surface area contributed by atoms with Crippen molar-refractivity contribution in [2.24, 2.45) is 0 Å². The van der Waals surface area contributed by atoms with E-state index in [4.69, 9.17) is 14.2 Å². The van der Waals surface area contributed by atoms with Gasteiger partial charge in [0, 0.05) is 72.1 Å². The third-order valence-corrected chi connectivity index (χ3v) is 6.88. The highest BCUT2D eigenvalue weighted by atomic mass is 16.5. The number of aryl methyl sites for hydroxylation is 1. The summed E-state index contributed by atoms with van der Waals surface area (Å²) in [5.41, 5.74) is 4.70. The molecular weight excluding hydrogens is 534 g/mol. The number of pyridine rings is 1. The van der Waals surface area contributed by atoms with Crippen molar-refractivity contribution >= 4 is 39.9 Å². The Morgan fingerprint density at radius 1 is 0.857 bits per heavy atom. The molecule has 10 heteroatoms. The number of anilines is 3. The number of ether oxygens (including phenoxy) is 3. The van der Waals surface area contributed by atoms with Gasteiger partial charge in [0.1, 0.15) is 11.5 Å². The maximum absolute atomic E-state index is 12.8. The summed E-state index contributed by atoms with van der Waals surface area (Å²) in [4.78, 5) is 31.0. The first kappa shape index (κ1) is 28.3. The van der Waals surface area contributed by atoms with Crippen LogP contribution in [0.15, 0.2) is 78.8 Å². The fourth-order valence-electron chi connectivity index (χ4n) is 4.60. The van der Waals surface area contributed by atoms with Crippen molar-refractivity contribution in [2.45, 2.75) is 26.7 Å². The van der Waals surface area contributed by atoms with E-state index in [0.717, 1.165) is 35.3 Å². The molecule has 3 N–H and O–H groups in total. The Balaban J connectivity index is 1.25. The van der Waals surface area contributed by atoms with E-state index >= 15 is 0 Å². The Hall–Kier alpha value is -5.25. The average Bonchev–Trinajstić information content (AvgIpc) is 3.46. The van der Waals surface area contributed by atoms with E-state index < -0.39 is 0 Å². The molecule has 0 saturated heterocycles. The van der Waals surface area contributed by atoms with Gasteiger partial charge in [-0.15, -0.1) is 0 Å². The number of amides is 3. The number of fused-ring (bicyclic) bond motifs is 1. The van der Waals surface area contributed by atoms with Crippen LogP contribution in [0.25, 0.3) is 10.9 Å². The maximum Gasteiger partial charge on any atom is 0.323 e. The second-order valence-corrected chi connectivity index (χ2v) is 9.74. The van der Waals surface area contributed by atoms with Gasteiger partial charge in [0.15, 0.2) is 11.5 Å². The number of nitrogens with zero attached hydrogens (tertiary/aromatic N) is 2. The van der Waals surface area contributed by atoms with Gasteiger partial charge in [-0.25, -0.2) is 4.79 Å². The normalized spacial score (nSPS) is 12.5. The largest absolute Gasteiger partial charge is 0.493 e. The van der Waals surface area contributed by atoms with Crippen molar-refractivity contribution in [2.75, 3.05) is 36.3 Å². The van der Waals surface area contributed by atoms with Crippen LogP contribution in [0.3, 0.4) is 0 Å². The van der Waals surface area contributed by atoms with Crippen LogP contribution in [0.4, 0.5) is 21.9 Å². The minimum Gasteiger partial charge on any atom is -0.493 e. The molecule has 0 radical (unpaired) electrons. The molecular formula is C32H33N5O5. The zero-order valence-corrected chi connectivity index (χ0v) is 24.0. The summed E-state index contributed by atoms with van der Waals surface area (Å²) in [6.07, 6.45) is 4.84. The van der Waals surface area contributed by atoms with Crippen LogP contribution in [0.5, 0.6) is 23.0 Å². The van der Waals surface area contributed by atoms with Crippen molar-refractivity contribution in [3.05, 3.63) is 84.3 Å². The van der Waals surface area contributed by atoms with Gasteiger partial charge in [-0.2, -0.15) is 0 Å². The fraction of sp³-hybridized carbons (Fsp3) is 0.219. The van der Waals surface area contributed by atoms with Gasteiger partial charge in [0.05, 0.1) is 19.7 Å². The van der Waals surface area contributed by atoms with E-state index in [-0.39, 0.29) is 11.9 Å². The number of aromatic nitrogens is 1. The van der Waals surface area contributed by atoms with Gasteiger partial charge in [-0.05, 0) is 55.0 Å². The molecule has 42 heavy (non-hydrogen) atoms. The molecule has 4 aromatic rings. The summed E-state index contributed by atoms with van der Waals surface area (Å²) in [6, 6.07) is 18.0. The highest BCUT2D eigenvalue weighted by molar-refractivity contribution is 6.00. The number of carbonyl (C=O) groups is 2. The van der Waals surface area contributed by atoms with E-state index in [9.17, 15) is 9.59 Å². The van der Waals surface area contributed by atoms with Crippen LogP contribution in [-0.2, 0) is 4.79 Å². The number of rotatable bonds is 9. The van der Waals surface area contributed by atoms with Crippen LogP contribution in [0.2, 0.25) is 0 Å². The van der Waals surface area contributed by atoms with Crippen molar-refractivity contribution in [3.63, 3.8) is 0 Å². The average molecular weight is 568 g/mol. The molecule has 3 aromatic carbocycles. The van der Waals surface area contributed by atoms with E-state index in [1.165, 1.54) is 0 Å². The van der Waals surface area contributed by atoms with Crippen molar-refractivity contribution in [1.29, 1.82) is 0 Å². The predicted octanol–water partition coefficient (Wildman–Crippen LogP) is 6.57. The number of methoxy groups -OCH3 is 2. The van der Waals surface area contributed by atoms with E-state index in [2.05, 4.69) is 25.8 Å². The number of urea groups is 1. The fourth-order valence-corrected chi connectivity index (χ4v) is 4.60. The second-order valence-electron chi connectivity index (χ2n) is 9.74. The summed E-state index contributed by atoms with van der Waals surface area (Å²) in [5.74, 6) is 2.35. The maximum atomic E-state index is 12.8. The summed E-state index contributed by atoms with van der Waals surface area (Å²) in [6.45, 7) is 4.54. The molecule has 0 aliphatic carbocycles. The topological polar surface area (TPSA) is 114 Å². The SMILES string of the molecule is CCC(=O)NC1=CN(c2ccc(NC(=O)Nc3ccc(C)c(Oc4ccnc5cc(OC)c(OC)cc45)c3)cc2)CC1. The van der Waals surface area contributed by atoms with Crippen LogP contribution >= 0.6 is 0 Å². The number of hydrogen-bond donors (Lipinski definition) is 3. The first-order valence-corrected chi connectivity index (χ1v) is 13.6. The van der Waals surface area contributed by atoms with E-state index in [0.29, 0.717) is 46.3 Å². The molecule has 0 fully saturated rings.